The SMILES string of the molecule is O=C1COc2ccc(-c3csc(=NC4CCCCC4)n3N=Cc3ccc(O)cc3)cc2N1. The zero-order valence-electron chi connectivity index (χ0n) is 17.5. The molecule has 2 N–H and O–H groups in total. The van der Waals surface area contributed by atoms with Crippen molar-refractivity contribution >= 4 is 29.1 Å². The molecule has 1 aliphatic heterocycles. The number of anilines is 1. The Morgan fingerprint density at radius 3 is 2.75 bits per heavy atom. The molecule has 1 saturated carbocycles. The van der Waals surface area contributed by atoms with Crippen molar-refractivity contribution in [1.29, 1.82) is 0 Å². The highest BCUT2D eigenvalue weighted by molar-refractivity contribution is 7.07. The summed E-state index contributed by atoms with van der Waals surface area (Å²) in [7, 11) is 0. The first kappa shape index (κ1) is 20.5. The number of fused-ring (bicyclic) bond motifs is 1. The third kappa shape index (κ3) is 4.45. The lowest BCUT2D eigenvalue weighted by Crippen LogP contribution is -2.25. The van der Waals surface area contributed by atoms with Crippen LogP contribution < -0.4 is 14.9 Å². The average molecular weight is 449 g/mol. The van der Waals surface area contributed by atoms with Crippen LogP contribution in [0.2, 0.25) is 0 Å². The minimum Gasteiger partial charge on any atom is -0.508 e. The van der Waals surface area contributed by atoms with E-state index in [1.807, 2.05) is 40.4 Å². The number of hydrogen-bond donors (Lipinski definition) is 2. The highest BCUT2D eigenvalue weighted by Gasteiger charge is 2.18. The van der Waals surface area contributed by atoms with E-state index in [1.165, 1.54) is 19.3 Å². The number of phenols is 1. The predicted molar refractivity (Wildman–Crippen MR) is 125 cm³/mol. The summed E-state index contributed by atoms with van der Waals surface area (Å²) in [4.78, 5) is 17.6. The van der Waals surface area contributed by atoms with Gasteiger partial charge in [0.25, 0.3) is 5.91 Å². The molecule has 164 valence electrons. The summed E-state index contributed by atoms with van der Waals surface area (Å²) in [5.41, 5.74) is 3.34. The maximum Gasteiger partial charge on any atom is 0.262 e. The Morgan fingerprint density at radius 1 is 1.12 bits per heavy atom. The zero-order chi connectivity index (χ0) is 21.9. The van der Waals surface area contributed by atoms with E-state index >= 15 is 0 Å². The van der Waals surface area contributed by atoms with Gasteiger partial charge in [-0.05, 0) is 60.9 Å². The summed E-state index contributed by atoms with van der Waals surface area (Å²) < 4.78 is 7.35. The number of carbonyl (C=O) groups is 1. The van der Waals surface area contributed by atoms with E-state index in [1.54, 1.807) is 29.7 Å². The first-order valence-corrected chi connectivity index (χ1v) is 11.7. The molecule has 0 saturated heterocycles. The van der Waals surface area contributed by atoms with Crippen LogP contribution in [0.25, 0.3) is 11.3 Å². The van der Waals surface area contributed by atoms with Crippen LogP contribution in [0.3, 0.4) is 0 Å². The van der Waals surface area contributed by atoms with Gasteiger partial charge in [-0.25, -0.2) is 4.68 Å². The monoisotopic (exact) mass is 448 g/mol. The number of nitrogens with one attached hydrogen (secondary N) is 1. The lowest BCUT2D eigenvalue weighted by atomic mass is 9.96. The summed E-state index contributed by atoms with van der Waals surface area (Å²) >= 11 is 1.56. The van der Waals surface area contributed by atoms with Crippen LogP contribution in [0.1, 0.15) is 37.7 Å². The highest BCUT2D eigenvalue weighted by atomic mass is 32.1. The molecule has 0 spiro atoms. The number of amides is 1. The van der Waals surface area contributed by atoms with Crippen molar-refractivity contribution in [1.82, 2.24) is 4.68 Å². The molecule has 0 radical (unpaired) electrons. The van der Waals surface area contributed by atoms with Gasteiger partial charge in [-0.1, -0.05) is 19.3 Å². The predicted octanol–water partition coefficient (Wildman–Crippen LogP) is 4.37. The Hall–Kier alpha value is -3.39. The number of phenolic OH excluding ortho intramolecular Hbond substituents is 1. The molecule has 1 amide bonds. The minimum atomic E-state index is -0.161. The second-order valence-electron chi connectivity index (χ2n) is 8.02. The van der Waals surface area contributed by atoms with Crippen molar-refractivity contribution in [3.8, 4) is 22.8 Å². The summed E-state index contributed by atoms with van der Waals surface area (Å²) in [5, 5.41) is 19.2. The molecule has 2 aromatic carbocycles. The Morgan fingerprint density at radius 2 is 1.94 bits per heavy atom. The third-order valence-electron chi connectivity index (χ3n) is 5.68. The standard InChI is InChI=1S/C24H24N4O3S/c29-19-9-6-16(7-10-19)13-25-28-21(15-32-24(28)26-18-4-2-1-3-5-18)17-8-11-22-20(12-17)27-23(30)14-31-22/h6-13,15,18,29H,1-5,14H2,(H,27,30). The second kappa shape index (κ2) is 9.00. The van der Waals surface area contributed by atoms with Gasteiger partial charge in [0.2, 0.25) is 4.80 Å². The number of thiazole rings is 1. The molecule has 3 aromatic rings. The lowest BCUT2D eigenvalue weighted by Gasteiger charge is -2.18. The molecule has 1 aliphatic carbocycles. The van der Waals surface area contributed by atoms with Crippen molar-refractivity contribution in [2.45, 2.75) is 38.1 Å². The summed E-state index contributed by atoms with van der Waals surface area (Å²) in [6.45, 7) is 0.0339. The number of rotatable bonds is 4. The maximum atomic E-state index is 11.8. The topological polar surface area (TPSA) is 88.2 Å². The maximum absolute atomic E-state index is 11.8. The van der Waals surface area contributed by atoms with Crippen molar-refractivity contribution in [3.05, 3.63) is 58.2 Å². The molecule has 0 bridgehead atoms. The van der Waals surface area contributed by atoms with Gasteiger partial charge in [-0.3, -0.25) is 9.79 Å². The lowest BCUT2D eigenvalue weighted by molar-refractivity contribution is -0.118. The number of hydrogen-bond acceptors (Lipinski definition) is 6. The molecular weight excluding hydrogens is 424 g/mol. The average Bonchev–Trinajstić information content (AvgIpc) is 3.21. The smallest absolute Gasteiger partial charge is 0.262 e. The van der Waals surface area contributed by atoms with Gasteiger partial charge in [-0.2, -0.15) is 5.10 Å². The van der Waals surface area contributed by atoms with Crippen molar-refractivity contribution < 1.29 is 14.6 Å². The minimum absolute atomic E-state index is 0.0339. The van der Waals surface area contributed by atoms with Crippen LogP contribution in [-0.4, -0.2) is 34.6 Å². The van der Waals surface area contributed by atoms with E-state index < -0.39 is 0 Å². The van der Waals surface area contributed by atoms with E-state index in [0.717, 1.165) is 34.5 Å². The molecular formula is C24H24N4O3S. The van der Waals surface area contributed by atoms with Crippen molar-refractivity contribution in [2.75, 3.05) is 11.9 Å². The highest BCUT2D eigenvalue weighted by Crippen LogP contribution is 2.33. The summed E-state index contributed by atoms with van der Waals surface area (Å²) in [6, 6.07) is 13.0. The molecule has 5 rings (SSSR count). The largest absolute Gasteiger partial charge is 0.508 e. The number of ether oxygens (including phenoxy) is 1. The summed E-state index contributed by atoms with van der Waals surface area (Å²) in [5.74, 6) is 0.721. The van der Waals surface area contributed by atoms with Gasteiger partial charge >= 0.3 is 0 Å². The van der Waals surface area contributed by atoms with Gasteiger partial charge in [0.1, 0.15) is 11.5 Å². The van der Waals surface area contributed by atoms with Crippen LogP contribution in [0.4, 0.5) is 5.69 Å². The van der Waals surface area contributed by atoms with Crippen LogP contribution in [0, 0.1) is 0 Å². The first-order valence-electron chi connectivity index (χ1n) is 10.8. The quantitative estimate of drug-likeness (QED) is 0.581. The molecule has 1 fully saturated rings. The molecule has 32 heavy (non-hydrogen) atoms. The van der Waals surface area contributed by atoms with Crippen molar-refractivity contribution in [2.24, 2.45) is 10.1 Å². The van der Waals surface area contributed by atoms with Crippen LogP contribution in [-0.2, 0) is 4.79 Å². The molecule has 8 heteroatoms. The van der Waals surface area contributed by atoms with E-state index in [-0.39, 0.29) is 18.3 Å². The van der Waals surface area contributed by atoms with E-state index in [2.05, 4.69) is 5.32 Å². The van der Waals surface area contributed by atoms with E-state index in [4.69, 9.17) is 14.8 Å². The van der Waals surface area contributed by atoms with Gasteiger partial charge in [0.05, 0.1) is 23.6 Å². The molecule has 1 aromatic heterocycles. The Labute approximate surface area is 189 Å². The molecule has 0 atom stereocenters. The van der Waals surface area contributed by atoms with Gasteiger partial charge in [-0.15, -0.1) is 11.3 Å². The molecule has 2 aliphatic rings. The van der Waals surface area contributed by atoms with E-state index in [9.17, 15) is 9.90 Å². The number of aromatic nitrogens is 1. The fourth-order valence-electron chi connectivity index (χ4n) is 3.99. The number of nitrogens with zero attached hydrogens (tertiary/aromatic N) is 3. The van der Waals surface area contributed by atoms with Gasteiger partial charge < -0.3 is 15.2 Å². The number of aromatic hydroxyl groups is 1. The zero-order valence-corrected chi connectivity index (χ0v) is 18.3. The normalized spacial score (nSPS) is 17.2. The fourth-order valence-corrected chi connectivity index (χ4v) is 4.90. The van der Waals surface area contributed by atoms with Crippen molar-refractivity contribution in [3.63, 3.8) is 0 Å². The van der Waals surface area contributed by atoms with E-state index in [0.29, 0.717) is 17.5 Å². The summed E-state index contributed by atoms with van der Waals surface area (Å²) in [6.07, 6.45) is 7.69. The van der Waals surface area contributed by atoms with Crippen LogP contribution >= 0.6 is 11.3 Å². The first-order chi connectivity index (χ1) is 15.7. The Balaban J connectivity index is 1.56. The second-order valence-corrected chi connectivity index (χ2v) is 8.86. The van der Waals surface area contributed by atoms with Crippen LogP contribution in [0.15, 0.2) is 57.9 Å². The third-order valence-corrected chi connectivity index (χ3v) is 6.51. The van der Waals surface area contributed by atoms with Gasteiger partial charge in [0.15, 0.2) is 6.61 Å². The van der Waals surface area contributed by atoms with Crippen LogP contribution in [0.5, 0.6) is 11.5 Å². The van der Waals surface area contributed by atoms with Gasteiger partial charge in [0, 0.05) is 10.9 Å². The Bertz CT molecular complexity index is 1220. The number of carbonyl (C=O) groups excluding carboxylic acids is 1. The fraction of sp³-hybridized carbons (Fsp3) is 0.292. The Kier molecular flexibility index (Phi) is 5.77. The molecule has 7 nitrogen and oxygen atoms in total. The number of benzene rings is 2. The molecule has 0 unspecified atom stereocenters. The molecule has 2 heterocycles.